The lowest BCUT2D eigenvalue weighted by molar-refractivity contribution is 0.162. The van der Waals surface area contributed by atoms with Crippen molar-refractivity contribution in [2.24, 2.45) is 0 Å². The van der Waals surface area contributed by atoms with Gasteiger partial charge in [0.1, 0.15) is 0 Å². The van der Waals surface area contributed by atoms with Crippen molar-refractivity contribution in [2.45, 2.75) is 38.3 Å². The van der Waals surface area contributed by atoms with E-state index >= 15 is 0 Å². The lowest BCUT2D eigenvalue weighted by atomic mass is 10.0. The van der Waals surface area contributed by atoms with Gasteiger partial charge in [0.05, 0.1) is 6.10 Å². The number of aliphatic hydroxyl groups excluding tert-OH is 1. The second kappa shape index (κ2) is 5.58. The van der Waals surface area contributed by atoms with Gasteiger partial charge < -0.3 is 15.3 Å². The highest BCUT2D eigenvalue weighted by Crippen LogP contribution is 2.13. The summed E-state index contributed by atoms with van der Waals surface area (Å²) in [5, 5.41) is 12.4. The Labute approximate surface area is 81.1 Å². The molecule has 3 heteroatoms. The van der Waals surface area contributed by atoms with Crippen molar-refractivity contribution >= 4 is 0 Å². The smallest absolute Gasteiger partial charge is 0.0636 e. The number of likely N-dealkylation sites (tertiary alicyclic amines) is 1. The molecule has 1 fully saturated rings. The number of hydrogen-bond acceptors (Lipinski definition) is 3. The molecule has 1 unspecified atom stereocenters. The number of likely N-dealkylation sites (N-methyl/N-ethyl adjacent to an activating group) is 1. The zero-order valence-electron chi connectivity index (χ0n) is 8.79. The standard InChI is InChI=1S/C10H22N2O/c1-9(13)7-11-8-10-5-3-4-6-12(10)2/h9-11,13H,3-8H2,1-2H3/t9-,10?/m1/s1. The molecule has 1 aliphatic heterocycles. The Morgan fingerprint density at radius 3 is 2.92 bits per heavy atom. The third-order valence-electron chi connectivity index (χ3n) is 2.74. The molecule has 13 heavy (non-hydrogen) atoms. The first-order valence-corrected chi connectivity index (χ1v) is 5.29. The Kier molecular flexibility index (Phi) is 4.70. The van der Waals surface area contributed by atoms with Crippen LogP contribution in [0.15, 0.2) is 0 Å². The second-order valence-electron chi connectivity index (χ2n) is 4.14. The number of hydrogen-bond donors (Lipinski definition) is 2. The first-order valence-electron chi connectivity index (χ1n) is 5.29. The predicted molar refractivity (Wildman–Crippen MR) is 54.8 cm³/mol. The molecule has 78 valence electrons. The van der Waals surface area contributed by atoms with E-state index < -0.39 is 0 Å². The summed E-state index contributed by atoms with van der Waals surface area (Å²) in [5.74, 6) is 0. The highest BCUT2D eigenvalue weighted by Gasteiger charge is 2.17. The van der Waals surface area contributed by atoms with Crippen LogP contribution in [0.3, 0.4) is 0 Å². The van der Waals surface area contributed by atoms with Crippen molar-refractivity contribution in [1.82, 2.24) is 10.2 Å². The molecule has 1 aliphatic rings. The molecule has 2 N–H and O–H groups in total. The predicted octanol–water partition coefficient (Wildman–Crippen LogP) is 0.441. The number of aliphatic hydroxyl groups is 1. The minimum Gasteiger partial charge on any atom is -0.392 e. The van der Waals surface area contributed by atoms with Crippen LogP contribution in [0.2, 0.25) is 0 Å². The van der Waals surface area contributed by atoms with Crippen LogP contribution in [-0.2, 0) is 0 Å². The minimum atomic E-state index is -0.228. The van der Waals surface area contributed by atoms with Gasteiger partial charge >= 0.3 is 0 Å². The minimum absolute atomic E-state index is 0.228. The SMILES string of the molecule is C[C@@H](O)CNCC1CCCCN1C. The molecule has 0 radical (unpaired) electrons. The molecule has 0 aromatic heterocycles. The first kappa shape index (κ1) is 11.0. The first-order chi connectivity index (χ1) is 6.20. The van der Waals surface area contributed by atoms with E-state index in [9.17, 15) is 0 Å². The molecule has 1 heterocycles. The second-order valence-corrected chi connectivity index (χ2v) is 4.14. The van der Waals surface area contributed by atoms with E-state index in [1.165, 1.54) is 25.8 Å². The van der Waals surface area contributed by atoms with Crippen molar-refractivity contribution in [3.8, 4) is 0 Å². The van der Waals surface area contributed by atoms with Gasteiger partial charge in [-0.2, -0.15) is 0 Å². The molecule has 0 bridgehead atoms. The van der Waals surface area contributed by atoms with Crippen molar-refractivity contribution in [1.29, 1.82) is 0 Å². The topological polar surface area (TPSA) is 35.5 Å². The third kappa shape index (κ3) is 4.07. The van der Waals surface area contributed by atoms with Gasteiger partial charge in [0.25, 0.3) is 0 Å². The van der Waals surface area contributed by atoms with Crippen molar-refractivity contribution in [3.05, 3.63) is 0 Å². The van der Waals surface area contributed by atoms with Crippen LogP contribution >= 0.6 is 0 Å². The molecule has 0 spiro atoms. The summed E-state index contributed by atoms with van der Waals surface area (Å²) in [4.78, 5) is 2.42. The maximum Gasteiger partial charge on any atom is 0.0636 e. The summed E-state index contributed by atoms with van der Waals surface area (Å²) in [5.41, 5.74) is 0. The Balaban J connectivity index is 2.11. The van der Waals surface area contributed by atoms with E-state index in [-0.39, 0.29) is 6.10 Å². The largest absolute Gasteiger partial charge is 0.392 e. The van der Waals surface area contributed by atoms with E-state index in [0.717, 1.165) is 6.54 Å². The molecule has 1 rings (SSSR count). The van der Waals surface area contributed by atoms with E-state index in [2.05, 4.69) is 17.3 Å². The molecule has 0 aromatic rings. The molecule has 1 saturated heterocycles. The van der Waals surface area contributed by atoms with Crippen LogP contribution in [0.4, 0.5) is 0 Å². The van der Waals surface area contributed by atoms with Gasteiger partial charge in [0.15, 0.2) is 0 Å². The van der Waals surface area contributed by atoms with Crippen LogP contribution in [0.5, 0.6) is 0 Å². The number of nitrogens with zero attached hydrogens (tertiary/aromatic N) is 1. The normalized spacial score (nSPS) is 27.5. The summed E-state index contributed by atoms with van der Waals surface area (Å²) in [6, 6.07) is 0.674. The van der Waals surface area contributed by atoms with Crippen molar-refractivity contribution in [3.63, 3.8) is 0 Å². The van der Waals surface area contributed by atoms with Crippen LogP contribution in [0, 0.1) is 0 Å². The fourth-order valence-corrected chi connectivity index (χ4v) is 1.86. The molecule has 0 aliphatic carbocycles. The van der Waals surface area contributed by atoms with Crippen molar-refractivity contribution < 1.29 is 5.11 Å². The van der Waals surface area contributed by atoms with E-state index in [4.69, 9.17) is 5.11 Å². The van der Waals surface area contributed by atoms with Crippen LogP contribution < -0.4 is 5.32 Å². The fourth-order valence-electron chi connectivity index (χ4n) is 1.86. The lowest BCUT2D eigenvalue weighted by Crippen LogP contribution is -2.44. The van der Waals surface area contributed by atoms with Crippen molar-refractivity contribution in [2.75, 3.05) is 26.7 Å². The average Bonchev–Trinajstić information content (AvgIpc) is 2.08. The number of piperidine rings is 1. The molecule has 0 aromatic carbocycles. The van der Waals surface area contributed by atoms with E-state index in [1.807, 2.05) is 6.92 Å². The van der Waals surface area contributed by atoms with Gasteiger partial charge in [0, 0.05) is 19.1 Å². The Bertz CT molecular complexity index is 139. The van der Waals surface area contributed by atoms with Gasteiger partial charge in [0.2, 0.25) is 0 Å². The summed E-state index contributed by atoms with van der Waals surface area (Å²) in [7, 11) is 2.19. The number of nitrogens with one attached hydrogen (secondary N) is 1. The van der Waals surface area contributed by atoms with Gasteiger partial charge in [-0.25, -0.2) is 0 Å². The Morgan fingerprint density at radius 2 is 2.31 bits per heavy atom. The van der Waals surface area contributed by atoms with Crippen LogP contribution in [0.1, 0.15) is 26.2 Å². The van der Waals surface area contributed by atoms with Gasteiger partial charge in [-0.15, -0.1) is 0 Å². The maximum atomic E-state index is 9.07. The summed E-state index contributed by atoms with van der Waals surface area (Å²) < 4.78 is 0. The van der Waals surface area contributed by atoms with Gasteiger partial charge in [-0.3, -0.25) is 0 Å². The van der Waals surface area contributed by atoms with E-state index in [1.54, 1.807) is 0 Å². The quantitative estimate of drug-likeness (QED) is 0.669. The zero-order valence-corrected chi connectivity index (χ0v) is 8.79. The molecule has 0 amide bonds. The van der Waals surface area contributed by atoms with Gasteiger partial charge in [-0.1, -0.05) is 6.42 Å². The molecule has 0 saturated carbocycles. The highest BCUT2D eigenvalue weighted by molar-refractivity contribution is 4.76. The molecular weight excluding hydrogens is 164 g/mol. The monoisotopic (exact) mass is 186 g/mol. The molecule has 2 atom stereocenters. The maximum absolute atomic E-state index is 9.07. The van der Waals surface area contributed by atoms with Crippen LogP contribution in [0.25, 0.3) is 0 Å². The fraction of sp³-hybridized carbons (Fsp3) is 1.00. The summed E-state index contributed by atoms with van der Waals surface area (Å²) >= 11 is 0. The lowest BCUT2D eigenvalue weighted by Gasteiger charge is -2.32. The summed E-state index contributed by atoms with van der Waals surface area (Å²) in [6.07, 6.45) is 3.76. The van der Waals surface area contributed by atoms with Crippen LogP contribution in [-0.4, -0.2) is 48.8 Å². The summed E-state index contributed by atoms with van der Waals surface area (Å²) in [6.45, 7) is 4.77. The van der Waals surface area contributed by atoms with Gasteiger partial charge in [-0.05, 0) is 33.4 Å². The molecular formula is C10H22N2O. The Morgan fingerprint density at radius 1 is 1.54 bits per heavy atom. The molecule has 3 nitrogen and oxygen atoms in total. The third-order valence-corrected chi connectivity index (χ3v) is 2.74. The Hall–Kier alpha value is -0.120. The number of rotatable bonds is 4. The zero-order chi connectivity index (χ0) is 9.68. The highest BCUT2D eigenvalue weighted by atomic mass is 16.3. The van der Waals surface area contributed by atoms with E-state index in [0.29, 0.717) is 12.6 Å². The average molecular weight is 186 g/mol.